The second-order valence-corrected chi connectivity index (χ2v) is 6.41. The van der Waals surface area contributed by atoms with Crippen molar-refractivity contribution in [2.24, 2.45) is 0 Å². The molecule has 0 bridgehead atoms. The summed E-state index contributed by atoms with van der Waals surface area (Å²) >= 11 is 0. The van der Waals surface area contributed by atoms with Crippen LogP contribution in [0.1, 0.15) is 11.6 Å². The first-order valence-electron chi connectivity index (χ1n) is 8.64. The summed E-state index contributed by atoms with van der Waals surface area (Å²) < 4.78 is 0. The Kier molecular flexibility index (Phi) is 5.98. The fraction of sp³-hybridized carbons (Fsp3) is 0.368. The number of likely N-dealkylation sites (N-methyl/N-ethyl adjacent to an activating group) is 1. The van der Waals surface area contributed by atoms with Crippen LogP contribution in [0.4, 0.5) is 10.5 Å². The summed E-state index contributed by atoms with van der Waals surface area (Å²) in [5.74, 6) is 0. The number of nitrogens with zero attached hydrogens (tertiary/aromatic N) is 3. The summed E-state index contributed by atoms with van der Waals surface area (Å²) in [6.45, 7) is 4.96. The molecule has 0 radical (unpaired) electrons. The highest BCUT2D eigenvalue weighted by atomic mass is 16.2. The first kappa shape index (κ1) is 17.4. The molecule has 132 valence electrons. The highest BCUT2D eigenvalue weighted by Gasteiger charge is 2.21. The Morgan fingerprint density at radius 3 is 2.56 bits per heavy atom. The Balaban J connectivity index is 1.65. The Bertz CT molecular complexity index is 656. The molecule has 2 amide bonds. The maximum absolute atomic E-state index is 12.4. The summed E-state index contributed by atoms with van der Waals surface area (Å²) in [7, 11) is 2.14. The molecule has 2 N–H and O–H groups in total. The van der Waals surface area contributed by atoms with Gasteiger partial charge < -0.3 is 15.5 Å². The number of hydrogen-bond acceptors (Lipinski definition) is 4. The minimum absolute atomic E-state index is 0.0544. The monoisotopic (exact) mass is 339 g/mol. The Morgan fingerprint density at radius 2 is 1.88 bits per heavy atom. The van der Waals surface area contributed by atoms with Crippen molar-refractivity contribution >= 4 is 11.7 Å². The van der Waals surface area contributed by atoms with Crippen LogP contribution >= 0.6 is 0 Å². The van der Waals surface area contributed by atoms with E-state index in [-0.39, 0.29) is 12.1 Å². The lowest BCUT2D eigenvalue weighted by atomic mass is 10.1. The molecule has 1 aromatic heterocycles. The summed E-state index contributed by atoms with van der Waals surface area (Å²) in [5.41, 5.74) is 1.80. The molecule has 0 unspecified atom stereocenters. The molecule has 6 nitrogen and oxygen atoms in total. The summed E-state index contributed by atoms with van der Waals surface area (Å²) in [4.78, 5) is 21.2. The van der Waals surface area contributed by atoms with E-state index in [0.29, 0.717) is 5.69 Å². The van der Waals surface area contributed by atoms with Crippen molar-refractivity contribution < 1.29 is 4.79 Å². The van der Waals surface area contributed by atoms with Crippen LogP contribution in [0.2, 0.25) is 0 Å². The van der Waals surface area contributed by atoms with Gasteiger partial charge in [0.05, 0.1) is 17.9 Å². The standard InChI is InChI=1S/C19H25N5O/c1-23-10-12-24(13-11-23)15-18(16-6-3-2-4-7-16)22-19(25)21-17-8-5-9-20-14-17/h2-9,14,18H,10-13,15H2,1H3,(H2,21,22,25)/t18-/m0/s1. The van der Waals surface area contributed by atoms with E-state index in [1.165, 1.54) is 0 Å². The molecule has 2 heterocycles. The predicted octanol–water partition coefficient (Wildman–Crippen LogP) is 2.19. The van der Waals surface area contributed by atoms with Crippen LogP contribution in [0.5, 0.6) is 0 Å². The van der Waals surface area contributed by atoms with Gasteiger partial charge in [-0.2, -0.15) is 0 Å². The van der Waals surface area contributed by atoms with Gasteiger partial charge in [0.2, 0.25) is 0 Å². The highest BCUT2D eigenvalue weighted by molar-refractivity contribution is 5.89. The summed E-state index contributed by atoms with van der Waals surface area (Å²) in [6, 6.07) is 13.5. The number of carbonyl (C=O) groups is 1. The van der Waals surface area contributed by atoms with Crippen molar-refractivity contribution in [3.8, 4) is 0 Å². The number of carbonyl (C=O) groups excluding carboxylic acids is 1. The average molecular weight is 339 g/mol. The van der Waals surface area contributed by atoms with Crippen molar-refractivity contribution in [3.05, 3.63) is 60.4 Å². The number of piperazine rings is 1. The lowest BCUT2D eigenvalue weighted by Crippen LogP contribution is -2.48. The number of urea groups is 1. The molecule has 6 heteroatoms. The molecular formula is C19H25N5O. The van der Waals surface area contributed by atoms with Gasteiger partial charge in [-0.15, -0.1) is 0 Å². The maximum Gasteiger partial charge on any atom is 0.319 e. The van der Waals surface area contributed by atoms with E-state index in [2.05, 4.69) is 44.6 Å². The number of rotatable bonds is 5. The molecule has 1 aliphatic heterocycles. The molecule has 2 aromatic rings. The summed E-state index contributed by atoms with van der Waals surface area (Å²) in [5, 5.41) is 5.95. The van der Waals surface area contributed by atoms with Crippen molar-refractivity contribution in [1.29, 1.82) is 0 Å². The fourth-order valence-corrected chi connectivity index (χ4v) is 2.97. The molecule has 25 heavy (non-hydrogen) atoms. The van der Waals surface area contributed by atoms with Crippen molar-refractivity contribution in [2.75, 3.05) is 45.1 Å². The van der Waals surface area contributed by atoms with E-state index in [1.807, 2.05) is 24.3 Å². The molecule has 1 saturated heterocycles. The molecule has 3 rings (SSSR count). The highest BCUT2D eigenvalue weighted by Crippen LogP contribution is 2.16. The second kappa shape index (κ2) is 8.60. The number of anilines is 1. The lowest BCUT2D eigenvalue weighted by molar-refractivity contribution is 0.143. The molecule has 1 fully saturated rings. The largest absolute Gasteiger partial charge is 0.330 e. The number of amides is 2. The maximum atomic E-state index is 12.4. The zero-order valence-electron chi connectivity index (χ0n) is 14.6. The van der Waals surface area contributed by atoms with Crippen LogP contribution in [0.25, 0.3) is 0 Å². The number of aromatic nitrogens is 1. The fourth-order valence-electron chi connectivity index (χ4n) is 2.97. The average Bonchev–Trinajstić information content (AvgIpc) is 2.64. The third-order valence-electron chi connectivity index (χ3n) is 4.46. The predicted molar refractivity (Wildman–Crippen MR) is 99.5 cm³/mol. The van der Waals surface area contributed by atoms with Crippen LogP contribution in [0.3, 0.4) is 0 Å². The van der Waals surface area contributed by atoms with Gasteiger partial charge in [-0.1, -0.05) is 30.3 Å². The normalized spacial score (nSPS) is 17.0. The third-order valence-corrected chi connectivity index (χ3v) is 4.46. The van der Waals surface area contributed by atoms with Gasteiger partial charge in [0.1, 0.15) is 0 Å². The molecule has 1 atom stereocenters. The van der Waals surface area contributed by atoms with Gasteiger partial charge in [0, 0.05) is 38.9 Å². The van der Waals surface area contributed by atoms with Crippen LogP contribution in [-0.4, -0.2) is 60.6 Å². The first-order valence-corrected chi connectivity index (χ1v) is 8.64. The van der Waals surface area contributed by atoms with Crippen LogP contribution in [-0.2, 0) is 0 Å². The van der Waals surface area contributed by atoms with E-state index in [1.54, 1.807) is 18.5 Å². The van der Waals surface area contributed by atoms with Crippen molar-refractivity contribution in [3.63, 3.8) is 0 Å². The smallest absolute Gasteiger partial charge is 0.319 e. The molecule has 0 aliphatic carbocycles. The van der Waals surface area contributed by atoms with E-state index in [0.717, 1.165) is 38.3 Å². The van der Waals surface area contributed by atoms with Gasteiger partial charge in [-0.3, -0.25) is 9.88 Å². The molecule has 1 aromatic carbocycles. The lowest BCUT2D eigenvalue weighted by Gasteiger charge is -2.35. The van der Waals surface area contributed by atoms with Gasteiger partial charge in [0.15, 0.2) is 0 Å². The van der Waals surface area contributed by atoms with Gasteiger partial charge in [0.25, 0.3) is 0 Å². The second-order valence-electron chi connectivity index (χ2n) is 6.41. The van der Waals surface area contributed by atoms with Gasteiger partial charge >= 0.3 is 6.03 Å². The Morgan fingerprint density at radius 1 is 1.12 bits per heavy atom. The van der Waals surface area contributed by atoms with Crippen molar-refractivity contribution in [1.82, 2.24) is 20.1 Å². The molecule has 0 saturated carbocycles. The number of benzene rings is 1. The van der Waals surface area contributed by atoms with E-state index < -0.39 is 0 Å². The number of nitrogens with one attached hydrogen (secondary N) is 2. The zero-order chi connectivity index (χ0) is 17.5. The topological polar surface area (TPSA) is 60.5 Å². The number of pyridine rings is 1. The van der Waals surface area contributed by atoms with E-state index in [9.17, 15) is 4.79 Å². The Hall–Kier alpha value is -2.44. The third kappa shape index (κ3) is 5.27. The van der Waals surface area contributed by atoms with E-state index in [4.69, 9.17) is 0 Å². The molecule has 0 spiro atoms. The zero-order valence-corrected chi connectivity index (χ0v) is 14.6. The van der Waals surface area contributed by atoms with Crippen LogP contribution in [0, 0.1) is 0 Å². The minimum atomic E-state index is -0.212. The minimum Gasteiger partial charge on any atom is -0.330 e. The van der Waals surface area contributed by atoms with E-state index >= 15 is 0 Å². The molecular weight excluding hydrogens is 314 g/mol. The SMILES string of the molecule is CN1CCN(C[C@H](NC(=O)Nc2cccnc2)c2ccccc2)CC1. The van der Waals surface area contributed by atoms with Gasteiger partial charge in [-0.25, -0.2) is 4.79 Å². The molecule has 1 aliphatic rings. The van der Waals surface area contributed by atoms with Gasteiger partial charge in [-0.05, 0) is 24.7 Å². The Labute approximate surface area is 148 Å². The summed E-state index contributed by atoms with van der Waals surface area (Å²) in [6.07, 6.45) is 3.32. The first-order chi connectivity index (χ1) is 12.2. The van der Waals surface area contributed by atoms with Crippen LogP contribution < -0.4 is 10.6 Å². The van der Waals surface area contributed by atoms with Crippen molar-refractivity contribution in [2.45, 2.75) is 6.04 Å². The quantitative estimate of drug-likeness (QED) is 0.877. The number of hydrogen-bond donors (Lipinski definition) is 2. The van der Waals surface area contributed by atoms with Crippen LogP contribution in [0.15, 0.2) is 54.9 Å².